The molecule has 3 atom stereocenters. The number of hydrogen-bond acceptors (Lipinski definition) is 3. The quantitative estimate of drug-likeness (QED) is 0.896. The van der Waals surface area contributed by atoms with Crippen molar-refractivity contribution in [2.75, 3.05) is 11.4 Å². The fourth-order valence-corrected chi connectivity index (χ4v) is 3.51. The van der Waals surface area contributed by atoms with Gasteiger partial charge in [-0.1, -0.05) is 13.3 Å². The van der Waals surface area contributed by atoms with E-state index in [1.807, 2.05) is 12.1 Å². The summed E-state index contributed by atoms with van der Waals surface area (Å²) in [5.74, 6) is 0.452. The number of anilines is 1. The average Bonchev–Trinajstić information content (AvgIpc) is 2.95. The minimum Gasteiger partial charge on any atom is -0.335 e. The Labute approximate surface area is 136 Å². The van der Waals surface area contributed by atoms with Crippen molar-refractivity contribution in [3.05, 3.63) is 24.5 Å². The van der Waals surface area contributed by atoms with Crippen LogP contribution in [0.2, 0.25) is 0 Å². The number of hydrogen-bond donors (Lipinski definition) is 2. The molecule has 1 aliphatic carbocycles. The first-order chi connectivity index (χ1) is 11.1. The molecule has 1 aromatic rings. The van der Waals surface area contributed by atoms with Gasteiger partial charge in [-0.15, -0.1) is 0 Å². The Hall–Kier alpha value is -2.11. The van der Waals surface area contributed by atoms with Crippen molar-refractivity contribution < 1.29 is 9.59 Å². The van der Waals surface area contributed by atoms with Crippen LogP contribution in [0.25, 0.3) is 0 Å². The van der Waals surface area contributed by atoms with Crippen LogP contribution in [0, 0.1) is 5.92 Å². The molecule has 1 saturated carbocycles. The van der Waals surface area contributed by atoms with Crippen LogP contribution in [0.15, 0.2) is 24.5 Å². The zero-order valence-electron chi connectivity index (χ0n) is 13.5. The van der Waals surface area contributed by atoms with Crippen molar-refractivity contribution in [2.24, 2.45) is 5.92 Å². The van der Waals surface area contributed by atoms with E-state index >= 15 is 0 Å². The van der Waals surface area contributed by atoms with Crippen molar-refractivity contribution in [3.63, 3.8) is 0 Å². The van der Waals surface area contributed by atoms with Gasteiger partial charge in [-0.3, -0.25) is 9.78 Å². The highest BCUT2D eigenvalue weighted by molar-refractivity contribution is 5.99. The Morgan fingerprint density at radius 3 is 2.83 bits per heavy atom. The zero-order valence-corrected chi connectivity index (χ0v) is 13.5. The summed E-state index contributed by atoms with van der Waals surface area (Å²) in [4.78, 5) is 30.6. The molecule has 23 heavy (non-hydrogen) atoms. The van der Waals surface area contributed by atoms with Crippen molar-refractivity contribution in [3.8, 4) is 0 Å². The fourth-order valence-electron chi connectivity index (χ4n) is 3.51. The molecular weight excluding hydrogens is 292 g/mol. The summed E-state index contributed by atoms with van der Waals surface area (Å²) in [5, 5.41) is 5.87. The van der Waals surface area contributed by atoms with E-state index in [0.29, 0.717) is 18.9 Å². The lowest BCUT2D eigenvalue weighted by molar-refractivity contribution is -0.121. The molecule has 0 bridgehead atoms. The number of carbonyl (C=O) groups excluding carboxylic acids is 2. The number of rotatable bonds is 3. The van der Waals surface area contributed by atoms with Gasteiger partial charge in [0.05, 0.1) is 11.9 Å². The third kappa shape index (κ3) is 3.63. The molecule has 0 radical (unpaired) electrons. The van der Waals surface area contributed by atoms with Crippen LogP contribution >= 0.6 is 0 Å². The molecule has 3 amide bonds. The third-order valence-corrected chi connectivity index (χ3v) is 4.88. The molecular formula is C17H24N4O2. The molecule has 1 aromatic heterocycles. The van der Waals surface area contributed by atoms with Gasteiger partial charge in [0.15, 0.2) is 0 Å². The molecule has 2 heterocycles. The number of nitrogens with one attached hydrogen (secondary N) is 2. The minimum atomic E-state index is -0.458. The first kappa shape index (κ1) is 15.8. The number of urea groups is 1. The molecule has 2 fully saturated rings. The van der Waals surface area contributed by atoms with Gasteiger partial charge in [-0.05, 0) is 43.7 Å². The summed E-state index contributed by atoms with van der Waals surface area (Å²) in [7, 11) is 0. The van der Waals surface area contributed by atoms with E-state index in [2.05, 4.69) is 22.5 Å². The lowest BCUT2D eigenvalue weighted by atomic mass is 10.0. The normalized spacial score (nSPS) is 27.8. The standard InChI is InChI=1S/C17H24N4O2/c1-12-5-2-7-14(12)19-17(23)20-15-8-4-10-21(16(15)22)13-6-3-9-18-11-13/h3,6,9,11-12,14-15H,2,4-5,7-8,10H2,1H3,(H2,19,20,23)/t12-,14+,15+/m1/s1. The second-order valence-electron chi connectivity index (χ2n) is 6.53. The van der Waals surface area contributed by atoms with E-state index in [0.717, 1.165) is 31.4 Å². The monoisotopic (exact) mass is 316 g/mol. The van der Waals surface area contributed by atoms with Gasteiger partial charge >= 0.3 is 6.03 Å². The fraction of sp³-hybridized carbons (Fsp3) is 0.588. The largest absolute Gasteiger partial charge is 0.335 e. The first-order valence-corrected chi connectivity index (χ1v) is 8.43. The molecule has 3 rings (SSSR count). The summed E-state index contributed by atoms with van der Waals surface area (Å²) in [6.07, 6.45) is 8.25. The van der Waals surface area contributed by atoms with Crippen LogP contribution in [-0.2, 0) is 4.79 Å². The van der Waals surface area contributed by atoms with Gasteiger partial charge < -0.3 is 15.5 Å². The average molecular weight is 316 g/mol. The van der Waals surface area contributed by atoms with Crippen LogP contribution < -0.4 is 15.5 Å². The van der Waals surface area contributed by atoms with Crippen LogP contribution in [0.5, 0.6) is 0 Å². The Balaban J connectivity index is 1.59. The maximum Gasteiger partial charge on any atom is 0.315 e. The Kier molecular flexibility index (Phi) is 4.79. The third-order valence-electron chi connectivity index (χ3n) is 4.88. The Morgan fingerprint density at radius 2 is 2.13 bits per heavy atom. The Bertz CT molecular complexity index is 563. The number of piperidine rings is 1. The second-order valence-corrected chi connectivity index (χ2v) is 6.53. The highest BCUT2D eigenvalue weighted by Gasteiger charge is 2.32. The highest BCUT2D eigenvalue weighted by Crippen LogP contribution is 2.25. The SMILES string of the molecule is C[C@@H]1CCC[C@@H]1NC(=O)N[C@H]1CCCN(c2cccnc2)C1=O. The van der Waals surface area contributed by atoms with Gasteiger partial charge in [0.2, 0.25) is 5.91 Å². The summed E-state index contributed by atoms with van der Waals surface area (Å²) in [6, 6.07) is 3.22. The molecule has 0 aromatic carbocycles. The number of amides is 3. The van der Waals surface area contributed by atoms with Gasteiger partial charge in [-0.2, -0.15) is 0 Å². The maximum absolute atomic E-state index is 12.6. The lowest BCUT2D eigenvalue weighted by Crippen LogP contribution is -2.55. The van der Waals surface area contributed by atoms with Gasteiger partial charge in [0.1, 0.15) is 6.04 Å². The number of pyridine rings is 1. The Morgan fingerprint density at radius 1 is 1.26 bits per heavy atom. The lowest BCUT2D eigenvalue weighted by Gasteiger charge is -2.32. The molecule has 1 saturated heterocycles. The van der Waals surface area contributed by atoms with Crippen molar-refractivity contribution in [1.82, 2.24) is 15.6 Å². The summed E-state index contributed by atoms with van der Waals surface area (Å²) in [6.45, 7) is 2.83. The van der Waals surface area contributed by atoms with Crippen LogP contribution in [-0.4, -0.2) is 35.6 Å². The predicted molar refractivity (Wildman–Crippen MR) is 88.1 cm³/mol. The summed E-state index contributed by atoms with van der Waals surface area (Å²) >= 11 is 0. The van der Waals surface area contributed by atoms with E-state index < -0.39 is 6.04 Å². The molecule has 0 spiro atoms. The van der Waals surface area contributed by atoms with Crippen LogP contribution in [0.1, 0.15) is 39.0 Å². The summed E-state index contributed by atoms with van der Waals surface area (Å²) < 4.78 is 0. The number of nitrogens with zero attached hydrogens (tertiary/aromatic N) is 2. The van der Waals surface area contributed by atoms with E-state index in [1.165, 1.54) is 0 Å². The first-order valence-electron chi connectivity index (χ1n) is 8.43. The van der Waals surface area contributed by atoms with E-state index in [-0.39, 0.29) is 18.0 Å². The minimum absolute atomic E-state index is 0.0566. The number of carbonyl (C=O) groups is 2. The second kappa shape index (κ2) is 6.98. The van der Waals surface area contributed by atoms with Crippen LogP contribution in [0.3, 0.4) is 0 Å². The van der Waals surface area contributed by atoms with Gasteiger partial charge in [0.25, 0.3) is 0 Å². The molecule has 1 aliphatic heterocycles. The highest BCUT2D eigenvalue weighted by atomic mass is 16.2. The maximum atomic E-state index is 12.6. The van der Waals surface area contributed by atoms with Crippen molar-refractivity contribution in [1.29, 1.82) is 0 Å². The van der Waals surface area contributed by atoms with E-state index in [9.17, 15) is 9.59 Å². The zero-order chi connectivity index (χ0) is 16.2. The van der Waals surface area contributed by atoms with E-state index in [1.54, 1.807) is 17.3 Å². The molecule has 2 N–H and O–H groups in total. The summed E-state index contributed by atoms with van der Waals surface area (Å²) in [5.41, 5.74) is 0.786. The van der Waals surface area contributed by atoms with Crippen molar-refractivity contribution >= 4 is 17.6 Å². The topological polar surface area (TPSA) is 74.3 Å². The molecule has 6 nitrogen and oxygen atoms in total. The molecule has 2 aliphatic rings. The van der Waals surface area contributed by atoms with Crippen molar-refractivity contribution in [2.45, 2.75) is 51.1 Å². The van der Waals surface area contributed by atoms with Crippen LogP contribution in [0.4, 0.5) is 10.5 Å². The van der Waals surface area contributed by atoms with Gasteiger partial charge in [-0.25, -0.2) is 4.79 Å². The number of aromatic nitrogens is 1. The van der Waals surface area contributed by atoms with E-state index in [4.69, 9.17) is 0 Å². The predicted octanol–water partition coefficient (Wildman–Crippen LogP) is 2.06. The smallest absolute Gasteiger partial charge is 0.315 e. The molecule has 124 valence electrons. The molecule has 6 heteroatoms. The molecule has 0 unspecified atom stereocenters. The van der Waals surface area contributed by atoms with Gasteiger partial charge in [0, 0.05) is 18.8 Å².